The lowest BCUT2D eigenvalue weighted by molar-refractivity contribution is 0.372. The largest absolute Gasteiger partial charge is 0.467 e. The molecular weight excluding hydrogens is 362 g/mol. The molecule has 4 aromatic rings. The Morgan fingerprint density at radius 1 is 0.963 bits per heavy atom. The monoisotopic (exact) mass is 379 g/mol. The summed E-state index contributed by atoms with van der Waals surface area (Å²) in [5, 5.41) is 12.5. The van der Waals surface area contributed by atoms with Crippen molar-refractivity contribution in [3.05, 3.63) is 95.2 Å². The van der Waals surface area contributed by atoms with Gasteiger partial charge in [-0.3, -0.25) is 5.32 Å². The van der Waals surface area contributed by atoms with Crippen LogP contribution in [0.3, 0.4) is 0 Å². The van der Waals surface area contributed by atoms with E-state index in [0.717, 1.165) is 16.9 Å². The molecule has 6 heteroatoms. The first kappa shape index (κ1) is 17.5. The molecule has 2 heterocycles. The highest BCUT2D eigenvalue weighted by Crippen LogP contribution is 2.28. The van der Waals surface area contributed by atoms with E-state index < -0.39 is 0 Å². The molecule has 0 aliphatic rings. The topological polar surface area (TPSA) is 64.1 Å². The third-order valence-corrected chi connectivity index (χ3v) is 4.49. The molecule has 0 saturated carbocycles. The van der Waals surface area contributed by atoms with Gasteiger partial charge in [0.2, 0.25) is 11.8 Å². The third kappa shape index (κ3) is 3.94. The fraction of sp³-hybridized carbons (Fsp3) is 0.143. The molecule has 0 amide bonds. The van der Waals surface area contributed by atoms with E-state index in [-0.39, 0.29) is 12.1 Å². The van der Waals surface area contributed by atoms with Crippen molar-refractivity contribution >= 4 is 11.6 Å². The maximum atomic E-state index is 6.05. The van der Waals surface area contributed by atoms with Gasteiger partial charge in [0.1, 0.15) is 5.76 Å². The van der Waals surface area contributed by atoms with Gasteiger partial charge in [0.15, 0.2) is 0 Å². The second-order valence-electron chi connectivity index (χ2n) is 6.20. The third-order valence-electron chi connectivity index (χ3n) is 4.26. The number of nitrogens with zero attached hydrogens (tertiary/aromatic N) is 2. The summed E-state index contributed by atoms with van der Waals surface area (Å²) in [6, 6.07) is 21.0. The van der Waals surface area contributed by atoms with Crippen LogP contribution in [0.2, 0.25) is 5.02 Å². The Balaban J connectivity index is 1.58. The standard InChI is InChI=1S/C21H18ClN3O2/c1-14(20-24-25-21(27-20)16-9-5-10-17(22)13-16)23-19(18-11-6-12-26-18)15-7-3-2-4-8-15/h2-14,19,23H,1H3/t14-,19+/m1/s1. The van der Waals surface area contributed by atoms with Crippen LogP contribution in [0.25, 0.3) is 11.5 Å². The van der Waals surface area contributed by atoms with Crippen molar-refractivity contribution in [1.29, 1.82) is 0 Å². The molecule has 5 nitrogen and oxygen atoms in total. The summed E-state index contributed by atoms with van der Waals surface area (Å²) >= 11 is 6.05. The molecule has 2 aromatic carbocycles. The molecule has 2 atom stereocenters. The summed E-state index contributed by atoms with van der Waals surface area (Å²) in [7, 11) is 0. The van der Waals surface area contributed by atoms with Crippen LogP contribution in [0.4, 0.5) is 0 Å². The summed E-state index contributed by atoms with van der Waals surface area (Å²) in [5.74, 6) is 1.76. The van der Waals surface area contributed by atoms with Crippen molar-refractivity contribution in [2.45, 2.75) is 19.0 Å². The van der Waals surface area contributed by atoms with E-state index >= 15 is 0 Å². The van der Waals surface area contributed by atoms with Crippen LogP contribution in [-0.2, 0) is 0 Å². The Labute approximate surface area is 162 Å². The number of aromatic nitrogens is 2. The molecule has 0 saturated heterocycles. The lowest BCUT2D eigenvalue weighted by Gasteiger charge is -2.20. The van der Waals surface area contributed by atoms with E-state index in [4.69, 9.17) is 20.4 Å². The number of nitrogens with one attached hydrogen (secondary N) is 1. The second kappa shape index (κ2) is 7.78. The molecule has 0 fully saturated rings. The second-order valence-corrected chi connectivity index (χ2v) is 6.64. The van der Waals surface area contributed by atoms with Crippen molar-refractivity contribution in [3.63, 3.8) is 0 Å². The maximum Gasteiger partial charge on any atom is 0.247 e. The summed E-state index contributed by atoms with van der Waals surface area (Å²) in [6.45, 7) is 1.98. The van der Waals surface area contributed by atoms with Crippen molar-refractivity contribution in [2.24, 2.45) is 0 Å². The zero-order valence-electron chi connectivity index (χ0n) is 14.7. The lowest BCUT2D eigenvalue weighted by atomic mass is 10.0. The molecule has 0 spiro atoms. The van der Waals surface area contributed by atoms with Gasteiger partial charge in [-0.15, -0.1) is 10.2 Å². The molecule has 136 valence electrons. The number of rotatable bonds is 6. The average molecular weight is 380 g/mol. The quantitative estimate of drug-likeness (QED) is 0.484. The molecule has 0 unspecified atom stereocenters. The zero-order valence-corrected chi connectivity index (χ0v) is 15.4. The number of benzene rings is 2. The smallest absolute Gasteiger partial charge is 0.247 e. The molecule has 4 rings (SSSR count). The predicted molar refractivity (Wildman–Crippen MR) is 103 cm³/mol. The molecule has 0 radical (unpaired) electrons. The highest BCUT2D eigenvalue weighted by Gasteiger charge is 2.23. The van der Waals surface area contributed by atoms with Gasteiger partial charge in [0, 0.05) is 10.6 Å². The van der Waals surface area contributed by atoms with Gasteiger partial charge >= 0.3 is 0 Å². The van der Waals surface area contributed by atoms with Gasteiger partial charge in [-0.25, -0.2) is 0 Å². The molecule has 1 N–H and O–H groups in total. The lowest BCUT2D eigenvalue weighted by Crippen LogP contribution is -2.25. The van der Waals surface area contributed by atoms with Crippen LogP contribution < -0.4 is 5.32 Å². The molecule has 2 aromatic heterocycles. The summed E-state index contributed by atoms with van der Waals surface area (Å²) in [6.07, 6.45) is 1.67. The summed E-state index contributed by atoms with van der Waals surface area (Å²) in [4.78, 5) is 0. The SMILES string of the molecule is C[C@@H](N[C@@H](c1ccccc1)c1ccco1)c1nnc(-c2cccc(Cl)c2)o1. The van der Waals surface area contributed by atoms with Crippen molar-refractivity contribution in [2.75, 3.05) is 0 Å². The van der Waals surface area contributed by atoms with Gasteiger partial charge in [-0.2, -0.15) is 0 Å². The number of halogens is 1. The van der Waals surface area contributed by atoms with Crippen LogP contribution >= 0.6 is 11.6 Å². The molecular formula is C21H18ClN3O2. The van der Waals surface area contributed by atoms with Gasteiger partial charge in [-0.05, 0) is 42.8 Å². The highest BCUT2D eigenvalue weighted by molar-refractivity contribution is 6.30. The van der Waals surface area contributed by atoms with Crippen LogP contribution in [0, 0.1) is 0 Å². The summed E-state index contributed by atoms with van der Waals surface area (Å²) in [5.41, 5.74) is 1.88. The molecule has 0 aliphatic carbocycles. The Morgan fingerprint density at radius 2 is 1.81 bits per heavy atom. The van der Waals surface area contributed by atoms with Gasteiger partial charge in [0.25, 0.3) is 0 Å². The molecule has 0 aliphatic heterocycles. The molecule has 27 heavy (non-hydrogen) atoms. The Kier molecular flexibility index (Phi) is 5.05. The van der Waals surface area contributed by atoms with Crippen molar-refractivity contribution in [3.8, 4) is 11.5 Å². The minimum atomic E-state index is -0.180. The van der Waals surface area contributed by atoms with Crippen LogP contribution in [0.5, 0.6) is 0 Å². The van der Waals surface area contributed by atoms with Crippen LogP contribution in [-0.4, -0.2) is 10.2 Å². The fourth-order valence-corrected chi connectivity index (χ4v) is 3.10. The maximum absolute atomic E-state index is 6.05. The first-order valence-corrected chi connectivity index (χ1v) is 9.02. The Bertz CT molecular complexity index is 999. The van der Waals surface area contributed by atoms with E-state index in [1.807, 2.05) is 49.4 Å². The van der Waals surface area contributed by atoms with Crippen molar-refractivity contribution in [1.82, 2.24) is 15.5 Å². The Hall–Kier alpha value is -2.89. The number of furan rings is 1. The predicted octanol–water partition coefficient (Wildman–Crippen LogP) is 5.42. The van der Waals surface area contributed by atoms with E-state index in [0.29, 0.717) is 16.8 Å². The number of hydrogen-bond acceptors (Lipinski definition) is 5. The van der Waals surface area contributed by atoms with E-state index in [9.17, 15) is 0 Å². The summed E-state index contributed by atoms with van der Waals surface area (Å²) < 4.78 is 11.5. The van der Waals surface area contributed by atoms with Gasteiger partial charge < -0.3 is 8.83 Å². The normalized spacial score (nSPS) is 13.4. The van der Waals surface area contributed by atoms with Crippen LogP contribution in [0.15, 0.2) is 81.8 Å². The molecule has 0 bridgehead atoms. The fourth-order valence-electron chi connectivity index (χ4n) is 2.91. The highest BCUT2D eigenvalue weighted by atomic mass is 35.5. The Morgan fingerprint density at radius 3 is 2.56 bits per heavy atom. The van der Waals surface area contributed by atoms with Gasteiger partial charge in [-0.1, -0.05) is 48.0 Å². The minimum Gasteiger partial charge on any atom is -0.467 e. The van der Waals surface area contributed by atoms with E-state index in [2.05, 4.69) is 27.6 Å². The zero-order chi connectivity index (χ0) is 18.6. The first-order valence-electron chi connectivity index (χ1n) is 8.64. The number of hydrogen-bond donors (Lipinski definition) is 1. The van der Waals surface area contributed by atoms with E-state index in [1.54, 1.807) is 18.4 Å². The first-order chi connectivity index (χ1) is 13.2. The van der Waals surface area contributed by atoms with Crippen LogP contribution in [0.1, 0.15) is 36.2 Å². The van der Waals surface area contributed by atoms with Gasteiger partial charge in [0.05, 0.1) is 18.3 Å². The van der Waals surface area contributed by atoms with Crippen molar-refractivity contribution < 1.29 is 8.83 Å². The van der Waals surface area contributed by atoms with E-state index in [1.165, 1.54) is 0 Å². The average Bonchev–Trinajstić information content (AvgIpc) is 3.39. The minimum absolute atomic E-state index is 0.127.